The summed E-state index contributed by atoms with van der Waals surface area (Å²) in [5.41, 5.74) is 6.05. The van der Waals surface area contributed by atoms with Crippen molar-refractivity contribution in [3.8, 4) is 0 Å². The Morgan fingerprint density at radius 3 is 2.24 bits per heavy atom. The van der Waals surface area contributed by atoms with Crippen molar-refractivity contribution in [3.63, 3.8) is 0 Å². The molecule has 1 amide bonds. The minimum absolute atomic E-state index is 0.00617. The Morgan fingerprint density at radius 1 is 1.24 bits per heavy atom. The van der Waals surface area contributed by atoms with E-state index in [-0.39, 0.29) is 11.4 Å². The number of hydrogen-bond acceptors (Lipinski definition) is 6. The topological polar surface area (TPSA) is 65.7 Å². The molecule has 2 N–H and O–H groups in total. The highest BCUT2D eigenvalue weighted by molar-refractivity contribution is 7.18. The van der Waals surface area contributed by atoms with Crippen molar-refractivity contribution in [2.45, 2.75) is 26.3 Å². The number of amides is 1. The molecule has 1 aromatic heterocycles. The van der Waals surface area contributed by atoms with Gasteiger partial charge in [0.1, 0.15) is 10.7 Å². The molecular weight excluding hydrogens is 286 g/mol. The lowest BCUT2D eigenvalue weighted by Gasteiger charge is -2.42. The molecule has 0 unspecified atom stereocenters. The quantitative estimate of drug-likeness (QED) is 0.893. The van der Waals surface area contributed by atoms with Crippen molar-refractivity contribution in [3.05, 3.63) is 4.88 Å². The van der Waals surface area contributed by atoms with Gasteiger partial charge in [0.15, 0.2) is 5.13 Å². The van der Waals surface area contributed by atoms with Crippen LogP contribution in [-0.4, -0.2) is 66.5 Å². The molecular formula is C14H25N5OS. The molecule has 0 atom stereocenters. The van der Waals surface area contributed by atoms with Gasteiger partial charge >= 0.3 is 0 Å². The van der Waals surface area contributed by atoms with Crippen molar-refractivity contribution in [2.24, 2.45) is 0 Å². The number of piperazine rings is 1. The molecule has 0 aromatic carbocycles. The van der Waals surface area contributed by atoms with Crippen LogP contribution in [0.2, 0.25) is 0 Å². The van der Waals surface area contributed by atoms with Crippen LogP contribution in [0.25, 0.3) is 0 Å². The zero-order valence-corrected chi connectivity index (χ0v) is 14.3. The molecule has 2 rings (SSSR count). The molecule has 2 heterocycles. The van der Waals surface area contributed by atoms with Gasteiger partial charge in [-0.3, -0.25) is 9.69 Å². The van der Waals surface area contributed by atoms with E-state index in [2.05, 4.69) is 30.7 Å². The molecule has 1 aliphatic heterocycles. The maximum absolute atomic E-state index is 12.6. The molecule has 1 saturated heterocycles. The fraction of sp³-hybridized carbons (Fsp3) is 0.714. The maximum Gasteiger partial charge on any atom is 0.267 e. The second-order valence-electron chi connectivity index (χ2n) is 6.56. The molecule has 0 spiro atoms. The van der Waals surface area contributed by atoms with Gasteiger partial charge in [-0.15, -0.1) is 0 Å². The number of carbonyl (C=O) groups is 1. The highest BCUT2D eigenvalue weighted by Crippen LogP contribution is 2.28. The molecule has 0 radical (unpaired) electrons. The van der Waals surface area contributed by atoms with Gasteiger partial charge in [0.2, 0.25) is 0 Å². The summed E-state index contributed by atoms with van der Waals surface area (Å²) >= 11 is 1.36. The standard InChI is InChI=1S/C14H25N5OS/c1-14(2,3)19-8-6-18(7-9-19)12(20)10-11(15)16-13(21-10)17(4)5/h6-9,15H2,1-5H3. The van der Waals surface area contributed by atoms with Crippen LogP contribution in [0.4, 0.5) is 10.9 Å². The van der Waals surface area contributed by atoms with E-state index in [0.717, 1.165) is 31.3 Å². The first-order valence-electron chi connectivity index (χ1n) is 7.18. The molecule has 0 aliphatic carbocycles. The van der Waals surface area contributed by atoms with Crippen LogP contribution in [-0.2, 0) is 0 Å². The maximum atomic E-state index is 12.6. The van der Waals surface area contributed by atoms with Crippen LogP contribution in [0.15, 0.2) is 0 Å². The molecule has 21 heavy (non-hydrogen) atoms. The van der Waals surface area contributed by atoms with Crippen molar-refractivity contribution in [1.82, 2.24) is 14.8 Å². The van der Waals surface area contributed by atoms with E-state index >= 15 is 0 Å². The SMILES string of the molecule is CN(C)c1nc(N)c(C(=O)N2CCN(C(C)(C)C)CC2)s1. The number of nitrogens with two attached hydrogens (primary N) is 1. The van der Waals surface area contributed by atoms with Gasteiger partial charge < -0.3 is 15.5 Å². The zero-order chi connectivity index (χ0) is 15.8. The summed E-state index contributed by atoms with van der Waals surface area (Å²) in [7, 11) is 3.79. The van der Waals surface area contributed by atoms with E-state index in [4.69, 9.17) is 5.73 Å². The highest BCUT2D eigenvalue weighted by atomic mass is 32.1. The van der Waals surface area contributed by atoms with Gasteiger partial charge in [-0.05, 0) is 20.8 Å². The number of hydrogen-bond donors (Lipinski definition) is 1. The van der Waals surface area contributed by atoms with Crippen LogP contribution in [0.1, 0.15) is 30.4 Å². The van der Waals surface area contributed by atoms with Gasteiger partial charge in [0.05, 0.1) is 0 Å². The Hall–Kier alpha value is -1.34. The highest BCUT2D eigenvalue weighted by Gasteiger charge is 2.30. The van der Waals surface area contributed by atoms with E-state index in [0.29, 0.717) is 10.7 Å². The molecule has 118 valence electrons. The van der Waals surface area contributed by atoms with Crippen LogP contribution in [0.3, 0.4) is 0 Å². The second-order valence-corrected chi connectivity index (χ2v) is 7.53. The average Bonchev–Trinajstić information content (AvgIpc) is 2.79. The molecule has 7 heteroatoms. The predicted molar refractivity (Wildman–Crippen MR) is 88.1 cm³/mol. The first-order chi connectivity index (χ1) is 9.70. The monoisotopic (exact) mass is 311 g/mol. The number of carbonyl (C=O) groups excluding carboxylic acids is 1. The first-order valence-corrected chi connectivity index (χ1v) is 7.99. The van der Waals surface area contributed by atoms with E-state index in [1.165, 1.54) is 11.3 Å². The van der Waals surface area contributed by atoms with Crippen LogP contribution >= 0.6 is 11.3 Å². The van der Waals surface area contributed by atoms with Crippen molar-refractivity contribution < 1.29 is 4.79 Å². The Kier molecular flexibility index (Phi) is 4.43. The second kappa shape index (κ2) is 5.81. The number of aromatic nitrogens is 1. The third kappa shape index (κ3) is 3.47. The lowest BCUT2D eigenvalue weighted by molar-refractivity contribution is 0.0455. The number of rotatable bonds is 2. The summed E-state index contributed by atoms with van der Waals surface area (Å²) in [6.07, 6.45) is 0. The van der Waals surface area contributed by atoms with E-state index in [1.54, 1.807) is 0 Å². The minimum Gasteiger partial charge on any atom is -0.382 e. The molecule has 0 saturated carbocycles. The third-order valence-corrected chi connectivity index (χ3v) is 4.96. The summed E-state index contributed by atoms with van der Waals surface area (Å²) in [6.45, 7) is 9.89. The largest absolute Gasteiger partial charge is 0.382 e. The smallest absolute Gasteiger partial charge is 0.267 e. The Labute approximate surface area is 130 Å². The lowest BCUT2D eigenvalue weighted by Crippen LogP contribution is -2.54. The van der Waals surface area contributed by atoms with Crippen molar-refractivity contribution in [1.29, 1.82) is 0 Å². The molecule has 1 aliphatic rings. The first kappa shape index (κ1) is 16.0. The molecule has 1 fully saturated rings. The predicted octanol–water partition coefficient (Wildman–Crippen LogP) is 1.35. The number of nitrogens with zero attached hydrogens (tertiary/aromatic N) is 4. The Bertz CT molecular complexity index is 512. The third-order valence-electron chi connectivity index (χ3n) is 3.73. The zero-order valence-electron chi connectivity index (χ0n) is 13.5. The van der Waals surface area contributed by atoms with Crippen LogP contribution in [0.5, 0.6) is 0 Å². The van der Waals surface area contributed by atoms with E-state index < -0.39 is 0 Å². The summed E-state index contributed by atoms with van der Waals surface area (Å²) in [5, 5.41) is 0.768. The summed E-state index contributed by atoms with van der Waals surface area (Å²) in [4.78, 5) is 23.5. The van der Waals surface area contributed by atoms with Gasteiger partial charge in [-0.25, -0.2) is 4.98 Å². The molecule has 1 aromatic rings. The number of anilines is 2. The summed E-state index contributed by atoms with van der Waals surface area (Å²) < 4.78 is 0. The number of thiazole rings is 1. The number of nitrogen functional groups attached to an aromatic ring is 1. The summed E-state index contributed by atoms with van der Waals surface area (Å²) in [5.74, 6) is 0.346. The fourth-order valence-corrected chi connectivity index (χ4v) is 3.26. The van der Waals surface area contributed by atoms with Crippen LogP contribution in [0, 0.1) is 0 Å². The minimum atomic E-state index is 0.00617. The van der Waals surface area contributed by atoms with E-state index in [1.807, 2.05) is 23.9 Å². The Morgan fingerprint density at radius 2 is 1.81 bits per heavy atom. The molecule has 6 nitrogen and oxygen atoms in total. The lowest BCUT2D eigenvalue weighted by atomic mass is 10.0. The van der Waals surface area contributed by atoms with Crippen molar-refractivity contribution in [2.75, 3.05) is 50.9 Å². The van der Waals surface area contributed by atoms with Gasteiger partial charge in [-0.2, -0.15) is 0 Å². The van der Waals surface area contributed by atoms with E-state index in [9.17, 15) is 4.79 Å². The average molecular weight is 311 g/mol. The molecule has 0 bridgehead atoms. The Balaban J connectivity index is 2.05. The van der Waals surface area contributed by atoms with Gasteiger partial charge in [-0.1, -0.05) is 11.3 Å². The van der Waals surface area contributed by atoms with Crippen LogP contribution < -0.4 is 10.6 Å². The van der Waals surface area contributed by atoms with Crippen molar-refractivity contribution >= 4 is 28.2 Å². The van der Waals surface area contributed by atoms with Gasteiger partial charge in [0.25, 0.3) is 5.91 Å². The fourth-order valence-electron chi connectivity index (χ4n) is 2.39. The normalized spacial score (nSPS) is 17.1. The van der Waals surface area contributed by atoms with Gasteiger partial charge in [0, 0.05) is 45.8 Å². The summed E-state index contributed by atoms with van der Waals surface area (Å²) in [6, 6.07) is 0.